The van der Waals surface area contributed by atoms with E-state index in [9.17, 15) is 9.59 Å². The van der Waals surface area contributed by atoms with Gasteiger partial charge in [0.25, 0.3) is 0 Å². The summed E-state index contributed by atoms with van der Waals surface area (Å²) in [7, 11) is 0. The van der Waals surface area contributed by atoms with Crippen molar-refractivity contribution < 1.29 is 9.21 Å². The van der Waals surface area contributed by atoms with Gasteiger partial charge in [-0.15, -0.1) is 0 Å². The minimum atomic E-state index is -0.448. The van der Waals surface area contributed by atoms with Crippen molar-refractivity contribution in [2.75, 3.05) is 13.1 Å². The lowest BCUT2D eigenvalue weighted by atomic mass is 10.3. The third-order valence-electron chi connectivity index (χ3n) is 3.64. The van der Waals surface area contributed by atoms with Crippen LogP contribution >= 0.6 is 11.6 Å². The standard InChI is InChI=1S/C14H15ClN2O3/c15-10-3-4-11-12(9-10)20-14(19)17(11)8-5-13(18)16-6-1-2-7-16/h3-4,9H,1-2,5-8H2. The van der Waals surface area contributed by atoms with E-state index >= 15 is 0 Å². The molecule has 2 aromatic rings. The number of likely N-dealkylation sites (tertiary alicyclic amines) is 1. The number of fused-ring (bicyclic) bond motifs is 1. The molecule has 6 heteroatoms. The van der Waals surface area contributed by atoms with Crippen molar-refractivity contribution in [1.82, 2.24) is 9.47 Å². The molecule has 0 atom stereocenters. The number of benzene rings is 1. The van der Waals surface area contributed by atoms with Crippen LogP contribution in [-0.4, -0.2) is 28.5 Å². The number of aryl methyl sites for hydroxylation is 1. The molecule has 0 N–H and O–H groups in total. The largest absolute Gasteiger partial charge is 0.419 e. The zero-order chi connectivity index (χ0) is 14.1. The van der Waals surface area contributed by atoms with E-state index in [0.717, 1.165) is 25.9 Å². The monoisotopic (exact) mass is 294 g/mol. The van der Waals surface area contributed by atoms with Gasteiger partial charge in [0.05, 0.1) is 5.52 Å². The number of aromatic nitrogens is 1. The number of hydrogen-bond acceptors (Lipinski definition) is 3. The van der Waals surface area contributed by atoms with Crippen LogP contribution in [0.3, 0.4) is 0 Å². The van der Waals surface area contributed by atoms with E-state index in [2.05, 4.69) is 0 Å². The van der Waals surface area contributed by atoms with Gasteiger partial charge in [-0.05, 0) is 25.0 Å². The fourth-order valence-electron chi connectivity index (χ4n) is 2.58. The number of carbonyl (C=O) groups excluding carboxylic acids is 1. The Bertz CT molecular complexity index is 698. The third kappa shape index (κ3) is 2.45. The van der Waals surface area contributed by atoms with Gasteiger partial charge in [-0.2, -0.15) is 0 Å². The first-order valence-electron chi connectivity index (χ1n) is 6.72. The lowest BCUT2D eigenvalue weighted by Gasteiger charge is -2.14. The Morgan fingerprint density at radius 1 is 1.30 bits per heavy atom. The number of oxazole rings is 1. The van der Waals surface area contributed by atoms with Crippen LogP contribution in [0.4, 0.5) is 0 Å². The number of amides is 1. The van der Waals surface area contributed by atoms with Crippen LogP contribution in [0, 0.1) is 0 Å². The first-order valence-corrected chi connectivity index (χ1v) is 7.09. The van der Waals surface area contributed by atoms with Crippen molar-refractivity contribution in [3.05, 3.63) is 33.8 Å². The Morgan fingerprint density at radius 2 is 2.05 bits per heavy atom. The lowest BCUT2D eigenvalue weighted by Crippen LogP contribution is -2.29. The van der Waals surface area contributed by atoms with E-state index in [1.807, 2.05) is 4.90 Å². The van der Waals surface area contributed by atoms with Gasteiger partial charge in [0.15, 0.2) is 5.58 Å². The second-order valence-corrected chi connectivity index (χ2v) is 5.41. The highest BCUT2D eigenvalue weighted by Gasteiger charge is 2.18. The van der Waals surface area contributed by atoms with Gasteiger partial charge < -0.3 is 9.32 Å². The van der Waals surface area contributed by atoms with Crippen LogP contribution in [0.5, 0.6) is 0 Å². The summed E-state index contributed by atoms with van der Waals surface area (Å²) >= 11 is 5.86. The normalized spacial score (nSPS) is 15.2. The average Bonchev–Trinajstić information content (AvgIpc) is 3.03. The first-order chi connectivity index (χ1) is 9.65. The zero-order valence-corrected chi connectivity index (χ0v) is 11.7. The van der Waals surface area contributed by atoms with Crippen LogP contribution in [-0.2, 0) is 11.3 Å². The molecular weight excluding hydrogens is 280 g/mol. The smallest absolute Gasteiger partial charge is 0.408 e. The van der Waals surface area contributed by atoms with Crippen LogP contribution < -0.4 is 5.76 Å². The van der Waals surface area contributed by atoms with Crippen molar-refractivity contribution in [1.29, 1.82) is 0 Å². The van der Waals surface area contributed by atoms with Crippen molar-refractivity contribution >= 4 is 28.6 Å². The maximum absolute atomic E-state index is 12.0. The molecule has 0 radical (unpaired) electrons. The maximum atomic E-state index is 12.0. The molecule has 0 bridgehead atoms. The number of nitrogens with zero attached hydrogens (tertiary/aromatic N) is 2. The number of hydrogen-bond donors (Lipinski definition) is 0. The predicted molar refractivity (Wildman–Crippen MR) is 75.9 cm³/mol. The summed E-state index contributed by atoms with van der Waals surface area (Å²) in [4.78, 5) is 25.7. The molecule has 1 saturated heterocycles. The lowest BCUT2D eigenvalue weighted by molar-refractivity contribution is -0.130. The minimum absolute atomic E-state index is 0.0951. The van der Waals surface area contributed by atoms with E-state index < -0.39 is 5.76 Å². The summed E-state index contributed by atoms with van der Waals surface area (Å²) in [5.41, 5.74) is 1.13. The summed E-state index contributed by atoms with van der Waals surface area (Å²) < 4.78 is 6.62. The zero-order valence-electron chi connectivity index (χ0n) is 11.0. The quantitative estimate of drug-likeness (QED) is 0.872. The van der Waals surface area contributed by atoms with Crippen LogP contribution in [0.1, 0.15) is 19.3 Å². The Morgan fingerprint density at radius 3 is 2.80 bits per heavy atom. The van der Waals surface area contributed by atoms with E-state index in [1.165, 1.54) is 4.57 Å². The number of rotatable bonds is 3. The van der Waals surface area contributed by atoms with Crippen molar-refractivity contribution in [3.8, 4) is 0 Å². The summed E-state index contributed by atoms with van der Waals surface area (Å²) in [6.45, 7) is 1.99. The van der Waals surface area contributed by atoms with Crippen LogP contribution in [0.25, 0.3) is 11.1 Å². The van der Waals surface area contributed by atoms with Gasteiger partial charge in [-0.1, -0.05) is 11.6 Å². The molecule has 1 amide bonds. The van der Waals surface area contributed by atoms with E-state index in [4.69, 9.17) is 16.0 Å². The molecule has 0 spiro atoms. The molecule has 5 nitrogen and oxygen atoms in total. The van der Waals surface area contributed by atoms with Gasteiger partial charge in [0.2, 0.25) is 5.91 Å². The van der Waals surface area contributed by atoms with E-state index in [1.54, 1.807) is 18.2 Å². The summed E-state index contributed by atoms with van der Waals surface area (Å²) in [5, 5.41) is 0.520. The third-order valence-corrected chi connectivity index (χ3v) is 3.87. The fourth-order valence-corrected chi connectivity index (χ4v) is 2.75. The minimum Gasteiger partial charge on any atom is -0.408 e. The second kappa shape index (κ2) is 5.32. The van der Waals surface area contributed by atoms with Crippen LogP contribution in [0.15, 0.2) is 27.4 Å². The fraction of sp³-hybridized carbons (Fsp3) is 0.429. The molecule has 0 aliphatic carbocycles. The molecule has 1 aliphatic rings. The molecule has 0 unspecified atom stereocenters. The maximum Gasteiger partial charge on any atom is 0.419 e. The van der Waals surface area contributed by atoms with Gasteiger partial charge in [-0.3, -0.25) is 9.36 Å². The molecule has 3 rings (SSSR count). The number of carbonyl (C=O) groups is 1. The predicted octanol–water partition coefficient (Wildman–Crippen LogP) is 2.26. The van der Waals surface area contributed by atoms with Crippen molar-refractivity contribution in [3.63, 3.8) is 0 Å². The van der Waals surface area contributed by atoms with Gasteiger partial charge in [0, 0.05) is 37.1 Å². The summed E-state index contributed by atoms with van der Waals surface area (Å²) in [5.74, 6) is -0.353. The first kappa shape index (κ1) is 13.2. The molecule has 1 fully saturated rings. The highest BCUT2D eigenvalue weighted by Crippen LogP contribution is 2.19. The molecule has 1 aromatic carbocycles. The van der Waals surface area contributed by atoms with E-state index in [-0.39, 0.29) is 5.91 Å². The van der Waals surface area contributed by atoms with Crippen molar-refractivity contribution in [2.24, 2.45) is 0 Å². The number of halogens is 1. The topological polar surface area (TPSA) is 55.5 Å². The molecular formula is C14H15ClN2O3. The second-order valence-electron chi connectivity index (χ2n) is 4.97. The summed E-state index contributed by atoms with van der Waals surface area (Å²) in [6.07, 6.45) is 2.45. The van der Waals surface area contributed by atoms with Crippen LogP contribution in [0.2, 0.25) is 5.02 Å². The molecule has 20 heavy (non-hydrogen) atoms. The highest BCUT2D eigenvalue weighted by molar-refractivity contribution is 6.31. The van der Waals surface area contributed by atoms with Gasteiger partial charge in [-0.25, -0.2) is 4.79 Å². The molecule has 1 aromatic heterocycles. The summed E-state index contributed by atoms with van der Waals surface area (Å²) in [6, 6.07) is 5.05. The Hall–Kier alpha value is -1.75. The Balaban J connectivity index is 1.78. The molecule has 106 valence electrons. The molecule has 0 saturated carbocycles. The SMILES string of the molecule is O=C(CCn1c(=O)oc2cc(Cl)ccc21)N1CCCC1. The van der Waals surface area contributed by atoms with Gasteiger partial charge >= 0.3 is 5.76 Å². The molecule has 2 heterocycles. The van der Waals surface area contributed by atoms with Gasteiger partial charge in [0.1, 0.15) is 0 Å². The van der Waals surface area contributed by atoms with Crippen molar-refractivity contribution in [2.45, 2.75) is 25.8 Å². The Kier molecular flexibility index (Phi) is 3.53. The highest BCUT2D eigenvalue weighted by atomic mass is 35.5. The van der Waals surface area contributed by atoms with E-state index in [0.29, 0.717) is 29.1 Å². The Labute approximate surface area is 120 Å². The molecule has 1 aliphatic heterocycles. The average molecular weight is 295 g/mol.